The number of hydrogen-bond acceptors (Lipinski definition) is 2. The molecular weight excluding hydrogens is 220 g/mol. The van der Waals surface area contributed by atoms with Gasteiger partial charge in [-0.1, -0.05) is 13.8 Å². The van der Waals surface area contributed by atoms with E-state index in [1.165, 1.54) is 0 Å². The van der Waals surface area contributed by atoms with Crippen LogP contribution < -0.4 is 10.6 Å². The molecule has 17 heavy (non-hydrogen) atoms. The summed E-state index contributed by atoms with van der Waals surface area (Å²) in [6.45, 7) is 8.17. The Labute approximate surface area is 103 Å². The Morgan fingerprint density at radius 1 is 1.24 bits per heavy atom. The summed E-state index contributed by atoms with van der Waals surface area (Å²) in [5, 5.41) is 14.1. The summed E-state index contributed by atoms with van der Waals surface area (Å²) in [4.78, 5) is 22.1. The predicted molar refractivity (Wildman–Crippen MR) is 66.9 cm³/mol. The van der Waals surface area contributed by atoms with Crippen LogP contribution in [-0.4, -0.2) is 30.2 Å². The lowest BCUT2D eigenvalue weighted by Gasteiger charge is -2.19. The zero-order valence-electron chi connectivity index (χ0n) is 11.2. The van der Waals surface area contributed by atoms with Gasteiger partial charge in [-0.15, -0.1) is 0 Å². The van der Waals surface area contributed by atoms with Crippen molar-refractivity contribution in [1.82, 2.24) is 10.6 Å². The van der Waals surface area contributed by atoms with Gasteiger partial charge in [0.05, 0.1) is 5.41 Å². The summed E-state index contributed by atoms with van der Waals surface area (Å²) >= 11 is 0. The zero-order chi connectivity index (χ0) is 13.5. The Balaban J connectivity index is 3.70. The molecule has 5 nitrogen and oxygen atoms in total. The Morgan fingerprint density at radius 3 is 2.29 bits per heavy atom. The van der Waals surface area contributed by atoms with Gasteiger partial charge in [0, 0.05) is 13.1 Å². The molecule has 0 fully saturated rings. The molecule has 0 heterocycles. The van der Waals surface area contributed by atoms with Crippen LogP contribution in [0.2, 0.25) is 0 Å². The predicted octanol–water partition coefficient (Wildman–Crippen LogP) is 1.83. The number of rotatable bonds is 7. The van der Waals surface area contributed by atoms with Crippen LogP contribution in [0, 0.1) is 11.3 Å². The van der Waals surface area contributed by atoms with E-state index in [-0.39, 0.29) is 12.6 Å². The first-order chi connectivity index (χ1) is 7.75. The molecule has 0 rings (SSSR count). The first-order valence-corrected chi connectivity index (χ1v) is 6.01. The lowest BCUT2D eigenvalue weighted by molar-refractivity contribution is -0.146. The van der Waals surface area contributed by atoms with Crippen molar-refractivity contribution in [3.63, 3.8) is 0 Å². The van der Waals surface area contributed by atoms with Crippen LogP contribution in [0.5, 0.6) is 0 Å². The highest BCUT2D eigenvalue weighted by Crippen LogP contribution is 2.12. The maximum absolute atomic E-state index is 11.3. The highest BCUT2D eigenvalue weighted by molar-refractivity contribution is 5.77. The molecule has 0 aliphatic carbocycles. The molecule has 5 heteroatoms. The minimum Gasteiger partial charge on any atom is -0.481 e. The number of urea groups is 1. The summed E-state index contributed by atoms with van der Waals surface area (Å²) in [5.41, 5.74) is -0.935. The maximum atomic E-state index is 11.3. The fraction of sp³-hybridized carbons (Fsp3) is 0.833. The van der Waals surface area contributed by atoms with E-state index in [2.05, 4.69) is 24.5 Å². The molecule has 0 atom stereocenters. The van der Waals surface area contributed by atoms with Gasteiger partial charge < -0.3 is 15.7 Å². The van der Waals surface area contributed by atoms with Crippen LogP contribution in [0.25, 0.3) is 0 Å². The SMILES string of the molecule is CC(C)CCCNC(=O)NCC(C)(C)C(=O)O. The van der Waals surface area contributed by atoms with Crippen LogP contribution in [0.15, 0.2) is 0 Å². The highest BCUT2D eigenvalue weighted by atomic mass is 16.4. The molecule has 100 valence electrons. The molecule has 0 spiro atoms. The van der Waals surface area contributed by atoms with E-state index in [9.17, 15) is 9.59 Å². The van der Waals surface area contributed by atoms with E-state index in [1.54, 1.807) is 13.8 Å². The van der Waals surface area contributed by atoms with E-state index >= 15 is 0 Å². The number of carbonyl (C=O) groups is 2. The fourth-order valence-corrected chi connectivity index (χ4v) is 1.15. The smallest absolute Gasteiger partial charge is 0.314 e. The normalized spacial score (nSPS) is 11.4. The largest absolute Gasteiger partial charge is 0.481 e. The van der Waals surface area contributed by atoms with Crippen LogP contribution >= 0.6 is 0 Å². The first-order valence-electron chi connectivity index (χ1n) is 6.01. The van der Waals surface area contributed by atoms with Crippen molar-refractivity contribution in [3.05, 3.63) is 0 Å². The molecule has 2 amide bonds. The molecule has 0 saturated heterocycles. The van der Waals surface area contributed by atoms with Gasteiger partial charge in [-0.3, -0.25) is 4.79 Å². The van der Waals surface area contributed by atoms with Crippen molar-refractivity contribution < 1.29 is 14.7 Å². The van der Waals surface area contributed by atoms with Crippen molar-refractivity contribution >= 4 is 12.0 Å². The van der Waals surface area contributed by atoms with Crippen LogP contribution in [0.3, 0.4) is 0 Å². The van der Waals surface area contributed by atoms with Gasteiger partial charge >= 0.3 is 12.0 Å². The summed E-state index contributed by atoms with van der Waals surface area (Å²) in [6, 6.07) is -0.303. The first kappa shape index (κ1) is 15.7. The van der Waals surface area contributed by atoms with Crippen LogP contribution in [0.1, 0.15) is 40.5 Å². The minimum atomic E-state index is -0.935. The summed E-state index contributed by atoms with van der Waals surface area (Å²) in [5.74, 6) is -0.289. The number of carboxylic acid groups (broad SMARTS) is 1. The topological polar surface area (TPSA) is 78.4 Å². The third-order valence-corrected chi connectivity index (χ3v) is 2.51. The lowest BCUT2D eigenvalue weighted by atomic mass is 9.94. The fourth-order valence-electron chi connectivity index (χ4n) is 1.15. The van der Waals surface area contributed by atoms with E-state index in [0.717, 1.165) is 12.8 Å². The second-order valence-electron chi connectivity index (χ2n) is 5.33. The third kappa shape index (κ3) is 7.60. The standard InChI is InChI=1S/C12H24N2O3/c1-9(2)6-5-7-13-11(17)14-8-12(3,4)10(15)16/h9H,5-8H2,1-4H3,(H,15,16)(H2,13,14,17). The molecular formula is C12H24N2O3. The maximum Gasteiger partial charge on any atom is 0.314 e. The molecule has 0 bridgehead atoms. The van der Waals surface area contributed by atoms with Crippen molar-refractivity contribution in [2.75, 3.05) is 13.1 Å². The number of amides is 2. The van der Waals surface area contributed by atoms with E-state index in [0.29, 0.717) is 12.5 Å². The second kappa shape index (κ2) is 7.14. The zero-order valence-corrected chi connectivity index (χ0v) is 11.2. The van der Waals surface area contributed by atoms with Gasteiger partial charge in [0.2, 0.25) is 0 Å². The van der Waals surface area contributed by atoms with Crippen molar-refractivity contribution in [2.24, 2.45) is 11.3 Å². The molecule has 3 N–H and O–H groups in total. The average molecular weight is 244 g/mol. The molecule has 0 radical (unpaired) electrons. The van der Waals surface area contributed by atoms with Gasteiger partial charge in [-0.05, 0) is 32.6 Å². The number of carbonyl (C=O) groups excluding carboxylic acids is 1. The van der Waals surface area contributed by atoms with Gasteiger partial charge in [0.15, 0.2) is 0 Å². The van der Waals surface area contributed by atoms with Gasteiger partial charge in [-0.25, -0.2) is 4.79 Å². The Morgan fingerprint density at radius 2 is 1.82 bits per heavy atom. The molecule has 0 unspecified atom stereocenters. The average Bonchev–Trinajstić information content (AvgIpc) is 2.21. The van der Waals surface area contributed by atoms with Gasteiger partial charge in [0.25, 0.3) is 0 Å². The molecule has 0 aliphatic heterocycles. The van der Waals surface area contributed by atoms with Crippen molar-refractivity contribution in [1.29, 1.82) is 0 Å². The van der Waals surface area contributed by atoms with Crippen LogP contribution in [0.4, 0.5) is 4.79 Å². The molecule has 0 aromatic carbocycles. The van der Waals surface area contributed by atoms with E-state index in [1.807, 2.05) is 0 Å². The van der Waals surface area contributed by atoms with Gasteiger partial charge in [-0.2, -0.15) is 0 Å². The van der Waals surface area contributed by atoms with Gasteiger partial charge in [0.1, 0.15) is 0 Å². The van der Waals surface area contributed by atoms with E-state index < -0.39 is 11.4 Å². The molecule has 0 aromatic heterocycles. The van der Waals surface area contributed by atoms with Crippen molar-refractivity contribution in [2.45, 2.75) is 40.5 Å². The molecule has 0 saturated carbocycles. The minimum absolute atomic E-state index is 0.123. The Bertz CT molecular complexity index is 262. The quantitative estimate of drug-likeness (QED) is 0.598. The molecule has 0 aliphatic rings. The third-order valence-electron chi connectivity index (χ3n) is 2.51. The highest BCUT2D eigenvalue weighted by Gasteiger charge is 2.27. The Hall–Kier alpha value is -1.26. The summed E-state index contributed by atoms with van der Waals surface area (Å²) in [6.07, 6.45) is 2.01. The number of nitrogens with one attached hydrogen (secondary N) is 2. The Kier molecular flexibility index (Phi) is 6.61. The van der Waals surface area contributed by atoms with E-state index in [4.69, 9.17) is 5.11 Å². The summed E-state index contributed by atoms with van der Waals surface area (Å²) < 4.78 is 0. The lowest BCUT2D eigenvalue weighted by Crippen LogP contribution is -2.43. The number of carboxylic acids is 1. The number of hydrogen-bond donors (Lipinski definition) is 3. The van der Waals surface area contributed by atoms with Crippen LogP contribution in [-0.2, 0) is 4.79 Å². The molecule has 0 aromatic rings. The number of aliphatic carboxylic acids is 1. The van der Waals surface area contributed by atoms with Crippen molar-refractivity contribution in [3.8, 4) is 0 Å². The summed E-state index contributed by atoms with van der Waals surface area (Å²) in [7, 11) is 0. The monoisotopic (exact) mass is 244 g/mol. The second-order valence-corrected chi connectivity index (χ2v) is 5.33.